The summed E-state index contributed by atoms with van der Waals surface area (Å²) in [5.74, 6) is 0. The van der Waals surface area contributed by atoms with Crippen molar-refractivity contribution >= 4 is 17.8 Å². The van der Waals surface area contributed by atoms with Crippen LogP contribution in [0.4, 0.5) is 5.69 Å². The molecule has 0 aromatic carbocycles. The molecule has 0 unspecified atom stereocenters. The van der Waals surface area contributed by atoms with E-state index in [4.69, 9.17) is 0 Å². The van der Waals surface area contributed by atoms with E-state index in [1.165, 1.54) is 36.0 Å². The summed E-state index contributed by atoms with van der Waals surface area (Å²) in [6.07, 6.45) is 5.62. The first kappa shape index (κ1) is 14.4. The number of hydrogen-bond donors (Lipinski definition) is 0. The molecule has 2 aromatic heterocycles. The van der Waals surface area contributed by atoms with Crippen LogP contribution in [0.1, 0.15) is 11.3 Å². The van der Waals surface area contributed by atoms with Gasteiger partial charge in [0.2, 0.25) is 0 Å². The molecule has 2 rings (SSSR count). The quantitative estimate of drug-likeness (QED) is 0.606. The molecular weight excluding hydrogens is 276 g/mol. The van der Waals surface area contributed by atoms with Crippen LogP contribution in [-0.2, 0) is 14.1 Å². The SMILES string of the molecule is Cn1cc(/C=C/c2ccc([N+](=O)[O-])cn2)c(=O)n(C)c1=O. The van der Waals surface area contributed by atoms with E-state index >= 15 is 0 Å². The standard InChI is InChI=1S/C13H12N4O4/c1-15-8-9(12(18)16(2)13(15)19)3-4-10-5-6-11(7-14-10)17(20)21/h3-8H,1-2H3/b4-3+. The minimum Gasteiger partial charge on any atom is -0.303 e. The second-order valence-corrected chi connectivity index (χ2v) is 4.37. The molecule has 8 nitrogen and oxygen atoms in total. The van der Waals surface area contributed by atoms with Gasteiger partial charge >= 0.3 is 5.69 Å². The monoisotopic (exact) mass is 288 g/mol. The summed E-state index contributed by atoms with van der Waals surface area (Å²) in [5.41, 5.74) is -0.150. The Kier molecular flexibility index (Phi) is 3.79. The Morgan fingerprint density at radius 2 is 1.95 bits per heavy atom. The van der Waals surface area contributed by atoms with E-state index in [-0.39, 0.29) is 5.69 Å². The van der Waals surface area contributed by atoms with Crippen molar-refractivity contribution in [2.75, 3.05) is 0 Å². The lowest BCUT2D eigenvalue weighted by atomic mass is 10.2. The predicted molar refractivity (Wildman–Crippen MR) is 76.7 cm³/mol. The van der Waals surface area contributed by atoms with Gasteiger partial charge in [0.25, 0.3) is 11.2 Å². The zero-order valence-corrected chi connectivity index (χ0v) is 11.4. The molecule has 0 radical (unpaired) electrons. The summed E-state index contributed by atoms with van der Waals surface area (Å²) in [7, 11) is 2.94. The Labute approximate surface area is 118 Å². The molecule has 0 fully saturated rings. The van der Waals surface area contributed by atoms with Crippen molar-refractivity contribution in [3.05, 3.63) is 66.7 Å². The molecule has 0 aliphatic heterocycles. The molecule has 0 bridgehead atoms. The van der Waals surface area contributed by atoms with Crippen LogP contribution in [0.15, 0.2) is 34.1 Å². The predicted octanol–water partition coefficient (Wildman–Crippen LogP) is 0.558. The molecule has 0 aliphatic carbocycles. The third-order valence-corrected chi connectivity index (χ3v) is 2.89. The summed E-state index contributed by atoms with van der Waals surface area (Å²) in [6, 6.07) is 2.80. The molecule has 8 heteroatoms. The van der Waals surface area contributed by atoms with Crippen LogP contribution in [0.25, 0.3) is 12.2 Å². The Bertz CT molecular complexity index is 831. The molecule has 0 spiro atoms. The highest BCUT2D eigenvalue weighted by molar-refractivity contribution is 5.67. The first-order valence-corrected chi connectivity index (χ1v) is 5.95. The van der Waals surface area contributed by atoms with Gasteiger partial charge in [-0.3, -0.25) is 19.5 Å². The van der Waals surface area contributed by atoms with Crippen LogP contribution in [0, 0.1) is 10.1 Å². The van der Waals surface area contributed by atoms with Crippen molar-refractivity contribution in [2.45, 2.75) is 0 Å². The lowest BCUT2D eigenvalue weighted by Crippen LogP contribution is -2.37. The second kappa shape index (κ2) is 5.53. The van der Waals surface area contributed by atoms with Crippen molar-refractivity contribution in [3.63, 3.8) is 0 Å². The maximum atomic E-state index is 11.9. The zero-order chi connectivity index (χ0) is 15.6. The van der Waals surface area contributed by atoms with Crippen molar-refractivity contribution in [1.82, 2.24) is 14.1 Å². The minimum absolute atomic E-state index is 0.106. The average Bonchev–Trinajstić information content (AvgIpc) is 2.48. The summed E-state index contributed by atoms with van der Waals surface area (Å²) in [6.45, 7) is 0. The third kappa shape index (κ3) is 2.94. The van der Waals surface area contributed by atoms with E-state index in [2.05, 4.69) is 4.98 Å². The van der Waals surface area contributed by atoms with Crippen LogP contribution >= 0.6 is 0 Å². The van der Waals surface area contributed by atoms with Crippen molar-refractivity contribution < 1.29 is 4.92 Å². The first-order valence-electron chi connectivity index (χ1n) is 5.95. The van der Waals surface area contributed by atoms with Gasteiger partial charge < -0.3 is 4.57 Å². The molecule has 108 valence electrons. The number of nitrogens with zero attached hydrogens (tertiary/aromatic N) is 4. The summed E-state index contributed by atoms with van der Waals surface area (Å²) < 4.78 is 2.30. The molecular formula is C13H12N4O4. The number of hydrogen-bond acceptors (Lipinski definition) is 5. The maximum Gasteiger partial charge on any atom is 0.330 e. The van der Waals surface area contributed by atoms with Gasteiger partial charge in [-0.15, -0.1) is 0 Å². The molecule has 0 atom stereocenters. The highest BCUT2D eigenvalue weighted by atomic mass is 16.6. The van der Waals surface area contributed by atoms with Crippen molar-refractivity contribution in [1.29, 1.82) is 0 Å². The average molecular weight is 288 g/mol. The van der Waals surface area contributed by atoms with Gasteiger partial charge in [0.15, 0.2) is 0 Å². The van der Waals surface area contributed by atoms with Crippen LogP contribution in [0.2, 0.25) is 0 Å². The fourth-order valence-corrected chi connectivity index (χ4v) is 1.73. The van der Waals surface area contributed by atoms with Gasteiger partial charge in [-0.2, -0.15) is 0 Å². The number of pyridine rings is 1. The van der Waals surface area contributed by atoms with Crippen LogP contribution in [0.5, 0.6) is 0 Å². The maximum absolute atomic E-state index is 11.9. The number of aryl methyl sites for hydroxylation is 1. The summed E-state index contributed by atoms with van der Waals surface area (Å²) in [5, 5.41) is 10.5. The Hall–Kier alpha value is -3.03. The summed E-state index contributed by atoms with van der Waals surface area (Å²) >= 11 is 0. The van der Waals surface area contributed by atoms with E-state index in [1.807, 2.05) is 0 Å². The van der Waals surface area contributed by atoms with Gasteiger partial charge in [0, 0.05) is 26.4 Å². The van der Waals surface area contributed by atoms with Gasteiger partial charge in [-0.1, -0.05) is 0 Å². The van der Waals surface area contributed by atoms with E-state index in [9.17, 15) is 19.7 Å². The normalized spacial score (nSPS) is 11.0. The van der Waals surface area contributed by atoms with E-state index < -0.39 is 16.2 Å². The largest absolute Gasteiger partial charge is 0.330 e. The smallest absolute Gasteiger partial charge is 0.303 e. The fraction of sp³-hybridized carbons (Fsp3) is 0.154. The fourth-order valence-electron chi connectivity index (χ4n) is 1.73. The van der Waals surface area contributed by atoms with Crippen LogP contribution in [0.3, 0.4) is 0 Å². The first-order chi connectivity index (χ1) is 9.90. The molecule has 21 heavy (non-hydrogen) atoms. The second-order valence-electron chi connectivity index (χ2n) is 4.37. The molecule has 2 aromatic rings. The number of rotatable bonds is 3. The lowest BCUT2D eigenvalue weighted by Gasteiger charge is -2.03. The Morgan fingerprint density at radius 1 is 1.24 bits per heavy atom. The van der Waals surface area contributed by atoms with Gasteiger partial charge in [0.05, 0.1) is 16.2 Å². The molecule has 0 amide bonds. The minimum atomic E-state index is -0.538. The molecule has 0 saturated carbocycles. The molecule has 0 N–H and O–H groups in total. The van der Waals surface area contributed by atoms with Crippen LogP contribution in [-0.4, -0.2) is 19.0 Å². The third-order valence-electron chi connectivity index (χ3n) is 2.89. The van der Waals surface area contributed by atoms with E-state index in [1.54, 1.807) is 13.1 Å². The Balaban J connectivity index is 2.36. The summed E-state index contributed by atoms with van der Waals surface area (Å²) in [4.78, 5) is 37.3. The highest BCUT2D eigenvalue weighted by Crippen LogP contribution is 2.10. The lowest BCUT2D eigenvalue weighted by molar-refractivity contribution is -0.385. The van der Waals surface area contributed by atoms with E-state index in [0.29, 0.717) is 11.3 Å². The van der Waals surface area contributed by atoms with Crippen LogP contribution < -0.4 is 11.2 Å². The van der Waals surface area contributed by atoms with Crippen molar-refractivity contribution in [3.8, 4) is 0 Å². The molecule has 0 saturated heterocycles. The topological polar surface area (TPSA) is 100 Å². The Morgan fingerprint density at radius 3 is 2.52 bits per heavy atom. The van der Waals surface area contributed by atoms with E-state index in [0.717, 1.165) is 10.8 Å². The highest BCUT2D eigenvalue weighted by Gasteiger charge is 2.05. The van der Waals surface area contributed by atoms with Crippen molar-refractivity contribution in [2.24, 2.45) is 14.1 Å². The van der Waals surface area contributed by atoms with Gasteiger partial charge in [-0.25, -0.2) is 9.78 Å². The van der Waals surface area contributed by atoms with Gasteiger partial charge in [0.1, 0.15) is 6.20 Å². The number of nitro groups is 1. The van der Waals surface area contributed by atoms with Gasteiger partial charge in [-0.05, 0) is 18.2 Å². The molecule has 2 heterocycles. The molecule has 0 aliphatic rings. The number of aromatic nitrogens is 3. The zero-order valence-electron chi connectivity index (χ0n) is 11.4.